The molecule has 0 spiro atoms. The maximum atomic E-state index is 13.1. The SMILES string of the molecule is CC1CN(S(=O)(=O)c2cccc(C(=O)Nc3cnc(C(C)(C)C)nc3)c2)CC(C)O1. The largest absolute Gasteiger partial charge is 0.373 e. The van der Waals surface area contributed by atoms with E-state index >= 15 is 0 Å². The summed E-state index contributed by atoms with van der Waals surface area (Å²) in [4.78, 5) is 21.3. The summed E-state index contributed by atoms with van der Waals surface area (Å²) in [5.41, 5.74) is 0.488. The molecule has 2 atom stereocenters. The van der Waals surface area contributed by atoms with Crippen molar-refractivity contribution in [3.05, 3.63) is 48.0 Å². The number of hydrogen-bond acceptors (Lipinski definition) is 6. The first-order valence-electron chi connectivity index (χ1n) is 9.86. The van der Waals surface area contributed by atoms with Gasteiger partial charge in [-0.25, -0.2) is 18.4 Å². The summed E-state index contributed by atoms with van der Waals surface area (Å²) in [6.07, 6.45) is 2.71. The van der Waals surface area contributed by atoms with Gasteiger partial charge in [0.15, 0.2) is 0 Å². The van der Waals surface area contributed by atoms with Gasteiger partial charge in [0, 0.05) is 24.1 Å². The molecule has 1 N–H and O–H groups in total. The van der Waals surface area contributed by atoms with Crippen LogP contribution >= 0.6 is 0 Å². The Morgan fingerprint density at radius 3 is 2.30 bits per heavy atom. The number of carbonyl (C=O) groups is 1. The van der Waals surface area contributed by atoms with Gasteiger partial charge in [0.2, 0.25) is 10.0 Å². The van der Waals surface area contributed by atoms with Gasteiger partial charge in [0.05, 0.1) is 35.2 Å². The minimum atomic E-state index is -3.73. The molecule has 8 nitrogen and oxygen atoms in total. The van der Waals surface area contributed by atoms with Crippen LogP contribution in [0.5, 0.6) is 0 Å². The van der Waals surface area contributed by atoms with Crippen molar-refractivity contribution in [1.29, 1.82) is 0 Å². The highest BCUT2D eigenvalue weighted by molar-refractivity contribution is 7.89. The Bertz CT molecular complexity index is 1010. The number of morpholine rings is 1. The number of carbonyl (C=O) groups excluding carboxylic acids is 1. The van der Waals surface area contributed by atoms with Gasteiger partial charge in [0.1, 0.15) is 5.82 Å². The van der Waals surface area contributed by atoms with Crippen molar-refractivity contribution in [3.63, 3.8) is 0 Å². The lowest BCUT2D eigenvalue weighted by Gasteiger charge is -2.34. The number of aromatic nitrogens is 2. The summed E-state index contributed by atoms with van der Waals surface area (Å²) in [5.74, 6) is 0.241. The van der Waals surface area contributed by atoms with Crippen molar-refractivity contribution in [2.24, 2.45) is 0 Å². The van der Waals surface area contributed by atoms with Crippen LogP contribution < -0.4 is 5.32 Å². The fourth-order valence-electron chi connectivity index (χ4n) is 3.26. The molecule has 1 aliphatic heterocycles. The molecule has 0 aliphatic carbocycles. The third-order valence-electron chi connectivity index (χ3n) is 4.70. The lowest BCUT2D eigenvalue weighted by atomic mass is 9.96. The third-order valence-corrected chi connectivity index (χ3v) is 6.53. The highest BCUT2D eigenvalue weighted by atomic mass is 32.2. The topological polar surface area (TPSA) is 101 Å². The van der Waals surface area contributed by atoms with Gasteiger partial charge in [-0.2, -0.15) is 4.31 Å². The van der Waals surface area contributed by atoms with Gasteiger partial charge in [-0.05, 0) is 32.0 Å². The molecule has 2 aromatic rings. The molecule has 1 aliphatic rings. The number of rotatable bonds is 4. The third kappa shape index (κ3) is 5.03. The van der Waals surface area contributed by atoms with Crippen LogP contribution in [0, 0.1) is 0 Å². The first kappa shape index (κ1) is 22.3. The number of sulfonamides is 1. The maximum absolute atomic E-state index is 13.1. The molecular weight excluding hydrogens is 404 g/mol. The van der Waals surface area contributed by atoms with E-state index in [1.807, 2.05) is 34.6 Å². The van der Waals surface area contributed by atoms with Gasteiger partial charge < -0.3 is 10.1 Å². The maximum Gasteiger partial charge on any atom is 0.255 e. The van der Waals surface area contributed by atoms with E-state index < -0.39 is 15.9 Å². The molecule has 1 saturated heterocycles. The van der Waals surface area contributed by atoms with Crippen LogP contribution in [-0.2, 0) is 20.2 Å². The molecule has 3 rings (SSSR count). The van der Waals surface area contributed by atoms with Crippen molar-refractivity contribution < 1.29 is 17.9 Å². The van der Waals surface area contributed by atoms with Crippen LogP contribution in [-0.4, -0.2) is 53.9 Å². The summed E-state index contributed by atoms with van der Waals surface area (Å²) in [7, 11) is -3.73. The van der Waals surface area contributed by atoms with Crippen LogP contribution in [0.3, 0.4) is 0 Å². The van der Waals surface area contributed by atoms with Gasteiger partial charge in [-0.3, -0.25) is 4.79 Å². The van der Waals surface area contributed by atoms with Crippen LogP contribution in [0.25, 0.3) is 0 Å². The molecular formula is C21H28N4O4S. The van der Waals surface area contributed by atoms with Crippen molar-refractivity contribution in [2.75, 3.05) is 18.4 Å². The van der Waals surface area contributed by atoms with E-state index in [-0.39, 0.29) is 41.2 Å². The summed E-state index contributed by atoms with van der Waals surface area (Å²) in [5, 5.41) is 2.72. The first-order chi connectivity index (χ1) is 14.0. The zero-order valence-corrected chi connectivity index (χ0v) is 18.7. The van der Waals surface area contributed by atoms with Crippen molar-refractivity contribution in [1.82, 2.24) is 14.3 Å². The molecule has 0 saturated carbocycles. The Morgan fingerprint density at radius 1 is 1.13 bits per heavy atom. The van der Waals surface area contributed by atoms with E-state index in [4.69, 9.17) is 4.74 Å². The molecule has 162 valence electrons. The lowest BCUT2D eigenvalue weighted by molar-refractivity contribution is -0.0440. The zero-order chi connectivity index (χ0) is 22.1. The highest BCUT2D eigenvalue weighted by Gasteiger charge is 2.32. The van der Waals surface area contributed by atoms with Crippen LogP contribution in [0.4, 0.5) is 5.69 Å². The molecule has 1 aromatic carbocycles. The molecule has 2 unspecified atom stereocenters. The van der Waals surface area contributed by atoms with Gasteiger partial charge >= 0.3 is 0 Å². The number of hydrogen-bond donors (Lipinski definition) is 1. The Labute approximate surface area is 177 Å². The number of benzene rings is 1. The van der Waals surface area contributed by atoms with E-state index in [2.05, 4.69) is 15.3 Å². The van der Waals surface area contributed by atoms with E-state index in [9.17, 15) is 13.2 Å². The first-order valence-corrected chi connectivity index (χ1v) is 11.3. The predicted molar refractivity (Wildman–Crippen MR) is 114 cm³/mol. The van der Waals surface area contributed by atoms with Gasteiger partial charge in [0.25, 0.3) is 5.91 Å². The standard InChI is InChI=1S/C21H28N4O4S/c1-14-12-25(13-15(2)29-14)30(27,28)18-8-6-7-16(9-18)19(26)24-17-10-22-20(23-11-17)21(3,4)5/h6-11,14-15H,12-13H2,1-5H3,(H,24,26). The van der Waals surface area contributed by atoms with Gasteiger partial charge in [-0.15, -0.1) is 0 Å². The Balaban J connectivity index is 1.78. The van der Waals surface area contributed by atoms with E-state index in [0.29, 0.717) is 11.5 Å². The minimum absolute atomic E-state index is 0.0794. The fourth-order valence-corrected chi connectivity index (χ4v) is 4.89. The van der Waals surface area contributed by atoms with Gasteiger partial charge in [-0.1, -0.05) is 26.8 Å². The van der Waals surface area contributed by atoms with Crippen molar-refractivity contribution in [3.8, 4) is 0 Å². The second-order valence-electron chi connectivity index (χ2n) is 8.61. The second-order valence-corrected chi connectivity index (χ2v) is 10.5. The van der Waals surface area contributed by atoms with Crippen LogP contribution in [0.1, 0.15) is 50.8 Å². The molecule has 1 aromatic heterocycles. The van der Waals surface area contributed by atoms with E-state index in [0.717, 1.165) is 0 Å². The number of anilines is 1. The number of nitrogens with zero attached hydrogens (tertiary/aromatic N) is 3. The molecule has 30 heavy (non-hydrogen) atoms. The fraction of sp³-hybridized carbons (Fsp3) is 0.476. The summed E-state index contributed by atoms with van der Waals surface area (Å²) in [6, 6.07) is 6.02. The number of nitrogens with one attached hydrogen (secondary N) is 1. The minimum Gasteiger partial charge on any atom is -0.373 e. The Kier molecular flexibility index (Phi) is 6.26. The average Bonchev–Trinajstić information content (AvgIpc) is 2.67. The number of amides is 1. The Hall–Kier alpha value is -2.36. The highest BCUT2D eigenvalue weighted by Crippen LogP contribution is 2.23. The normalized spacial score (nSPS) is 20.7. The zero-order valence-electron chi connectivity index (χ0n) is 17.9. The molecule has 0 bridgehead atoms. The quantitative estimate of drug-likeness (QED) is 0.797. The molecule has 2 heterocycles. The average molecular weight is 433 g/mol. The molecule has 9 heteroatoms. The summed E-state index contributed by atoms with van der Waals surface area (Å²) in [6.45, 7) is 10.2. The van der Waals surface area contributed by atoms with E-state index in [1.165, 1.54) is 16.4 Å². The lowest BCUT2D eigenvalue weighted by Crippen LogP contribution is -2.48. The number of ether oxygens (including phenoxy) is 1. The van der Waals surface area contributed by atoms with E-state index in [1.54, 1.807) is 24.5 Å². The van der Waals surface area contributed by atoms with Crippen molar-refractivity contribution in [2.45, 2.75) is 57.1 Å². The smallest absolute Gasteiger partial charge is 0.255 e. The monoisotopic (exact) mass is 432 g/mol. The molecule has 1 fully saturated rings. The molecule has 1 amide bonds. The van der Waals surface area contributed by atoms with Crippen molar-refractivity contribution >= 4 is 21.6 Å². The summed E-state index contributed by atoms with van der Waals surface area (Å²) >= 11 is 0. The summed E-state index contributed by atoms with van der Waals surface area (Å²) < 4.78 is 33.2. The Morgan fingerprint density at radius 2 is 1.73 bits per heavy atom. The molecule has 0 radical (unpaired) electrons. The van der Waals surface area contributed by atoms with Crippen LogP contribution in [0.15, 0.2) is 41.6 Å². The second kappa shape index (κ2) is 8.41. The predicted octanol–water partition coefficient (Wildman–Crippen LogP) is 2.82. The van der Waals surface area contributed by atoms with Crippen LogP contribution in [0.2, 0.25) is 0 Å².